The fourth-order valence-electron chi connectivity index (χ4n) is 3.09. The summed E-state index contributed by atoms with van der Waals surface area (Å²) in [6.07, 6.45) is 0.212. The molecule has 3 aromatic rings. The van der Waals surface area contributed by atoms with E-state index < -0.39 is 11.9 Å². The first kappa shape index (κ1) is 19.2. The molecule has 0 saturated heterocycles. The number of ether oxygens (including phenoxy) is 2. The predicted octanol–water partition coefficient (Wildman–Crippen LogP) is 2.62. The maximum atomic E-state index is 11.9. The molecule has 0 radical (unpaired) electrons. The molecule has 0 unspecified atom stereocenters. The SMILES string of the molecule is COC(=O)c1cccc(-n2c(CCC(=O)[O-])ccc2-c2ccc(OC)cc2)c1. The number of hydrogen-bond acceptors (Lipinski definition) is 5. The van der Waals surface area contributed by atoms with Crippen molar-refractivity contribution in [1.29, 1.82) is 0 Å². The number of carboxylic acids is 1. The number of nitrogens with zero attached hydrogens (tertiary/aromatic N) is 1. The zero-order valence-corrected chi connectivity index (χ0v) is 15.7. The van der Waals surface area contributed by atoms with Crippen LogP contribution >= 0.6 is 0 Å². The highest BCUT2D eigenvalue weighted by atomic mass is 16.5. The van der Waals surface area contributed by atoms with Crippen LogP contribution in [0.25, 0.3) is 16.9 Å². The Labute approximate surface area is 162 Å². The van der Waals surface area contributed by atoms with E-state index in [0.29, 0.717) is 12.0 Å². The van der Waals surface area contributed by atoms with Crippen molar-refractivity contribution in [2.75, 3.05) is 14.2 Å². The second kappa shape index (κ2) is 8.43. The molecule has 6 heteroatoms. The molecule has 0 fully saturated rings. The van der Waals surface area contributed by atoms with Gasteiger partial charge in [0, 0.05) is 17.4 Å². The summed E-state index contributed by atoms with van der Waals surface area (Å²) in [5.41, 5.74) is 3.77. The molecular formula is C22H20NO5-. The Kier molecular flexibility index (Phi) is 5.79. The fourth-order valence-corrected chi connectivity index (χ4v) is 3.09. The Bertz CT molecular complexity index is 988. The average molecular weight is 378 g/mol. The van der Waals surface area contributed by atoms with E-state index in [2.05, 4.69) is 0 Å². The smallest absolute Gasteiger partial charge is 0.337 e. The summed E-state index contributed by atoms with van der Waals surface area (Å²) in [6.45, 7) is 0. The predicted molar refractivity (Wildman–Crippen MR) is 102 cm³/mol. The molecule has 28 heavy (non-hydrogen) atoms. The molecule has 1 aromatic heterocycles. The van der Waals surface area contributed by atoms with Crippen LogP contribution in [-0.2, 0) is 16.0 Å². The molecule has 0 N–H and O–H groups in total. The molecule has 0 saturated carbocycles. The number of carboxylic acid groups (broad SMARTS) is 1. The maximum Gasteiger partial charge on any atom is 0.337 e. The van der Waals surface area contributed by atoms with E-state index in [1.54, 1.807) is 25.3 Å². The number of hydrogen-bond donors (Lipinski definition) is 0. The van der Waals surface area contributed by atoms with Gasteiger partial charge in [0.05, 0.1) is 25.5 Å². The Hall–Kier alpha value is -3.54. The molecule has 0 bridgehead atoms. The number of aryl methyl sites for hydroxylation is 1. The minimum Gasteiger partial charge on any atom is -0.550 e. The van der Waals surface area contributed by atoms with Crippen LogP contribution in [0.3, 0.4) is 0 Å². The van der Waals surface area contributed by atoms with Gasteiger partial charge in [0.25, 0.3) is 0 Å². The molecule has 3 rings (SSSR count). The molecule has 2 aromatic carbocycles. The average Bonchev–Trinajstić information content (AvgIpc) is 3.15. The zero-order valence-electron chi connectivity index (χ0n) is 15.7. The number of benzene rings is 2. The largest absolute Gasteiger partial charge is 0.550 e. The topological polar surface area (TPSA) is 80.6 Å². The second-order valence-corrected chi connectivity index (χ2v) is 6.19. The number of methoxy groups -OCH3 is 2. The van der Waals surface area contributed by atoms with Crippen LogP contribution in [0.4, 0.5) is 0 Å². The van der Waals surface area contributed by atoms with Crippen molar-refractivity contribution >= 4 is 11.9 Å². The Morgan fingerprint density at radius 1 is 1.00 bits per heavy atom. The highest BCUT2D eigenvalue weighted by Gasteiger charge is 2.14. The normalized spacial score (nSPS) is 10.5. The van der Waals surface area contributed by atoms with E-state index in [1.807, 2.05) is 47.0 Å². The first-order valence-electron chi connectivity index (χ1n) is 8.77. The monoisotopic (exact) mass is 378 g/mol. The van der Waals surface area contributed by atoms with Crippen LogP contribution in [0.2, 0.25) is 0 Å². The summed E-state index contributed by atoms with van der Waals surface area (Å²) in [5.74, 6) is -0.801. The molecule has 0 spiro atoms. The minimum absolute atomic E-state index is 0.0945. The maximum absolute atomic E-state index is 11.9. The minimum atomic E-state index is -1.11. The van der Waals surface area contributed by atoms with Gasteiger partial charge in [-0.1, -0.05) is 6.07 Å². The first-order valence-corrected chi connectivity index (χ1v) is 8.77. The third-order valence-corrected chi connectivity index (χ3v) is 4.46. The molecule has 0 aliphatic heterocycles. The van der Waals surface area contributed by atoms with E-state index in [9.17, 15) is 14.7 Å². The van der Waals surface area contributed by atoms with Gasteiger partial charge in [-0.3, -0.25) is 0 Å². The molecule has 0 aliphatic rings. The number of aliphatic carboxylic acids is 1. The fraction of sp³-hybridized carbons (Fsp3) is 0.182. The third-order valence-electron chi connectivity index (χ3n) is 4.46. The number of carbonyl (C=O) groups is 2. The van der Waals surface area contributed by atoms with Crippen LogP contribution < -0.4 is 9.84 Å². The lowest BCUT2D eigenvalue weighted by Gasteiger charge is -2.15. The number of esters is 1. The van der Waals surface area contributed by atoms with Crippen LogP contribution in [0, 0.1) is 0 Å². The van der Waals surface area contributed by atoms with Gasteiger partial charge in [0.15, 0.2) is 0 Å². The van der Waals surface area contributed by atoms with Gasteiger partial charge in [-0.2, -0.15) is 0 Å². The van der Waals surface area contributed by atoms with Crippen LogP contribution in [0.1, 0.15) is 22.5 Å². The molecule has 0 atom stereocenters. The highest BCUT2D eigenvalue weighted by molar-refractivity contribution is 5.90. The van der Waals surface area contributed by atoms with E-state index in [-0.39, 0.29) is 6.42 Å². The Morgan fingerprint density at radius 3 is 2.39 bits per heavy atom. The summed E-state index contributed by atoms with van der Waals surface area (Å²) in [6, 6.07) is 18.4. The van der Waals surface area contributed by atoms with Gasteiger partial charge in [-0.05, 0) is 73.0 Å². The zero-order chi connectivity index (χ0) is 20.1. The van der Waals surface area contributed by atoms with Gasteiger partial charge >= 0.3 is 5.97 Å². The lowest BCUT2D eigenvalue weighted by Crippen LogP contribution is -2.22. The lowest BCUT2D eigenvalue weighted by atomic mass is 10.1. The first-order chi connectivity index (χ1) is 13.5. The summed E-state index contributed by atoms with van der Waals surface area (Å²) in [7, 11) is 2.94. The Balaban J connectivity index is 2.11. The van der Waals surface area contributed by atoms with Crippen LogP contribution in [-0.4, -0.2) is 30.7 Å². The van der Waals surface area contributed by atoms with Crippen molar-refractivity contribution < 1.29 is 24.2 Å². The second-order valence-electron chi connectivity index (χ2n) is 6.19. The van der Waals surface area contributed by atoms with Gasteiger partial charge in [0.1, 0.15) is 5.75 Å². The van der Waals surface area contributed by atoms with E-state index in [4.69, 9.17) is 9.47 Å². The van der Waals surface area contributed by atoms with Gasteiger partial charge < -0.3 is 23.9 Å². The van der Waals surface area contributed by atoms with Crippen molar-refractivity contribution in [3.63, 3.8) is 0 Å². The number of aromatic nitrogens is 1. The van der Waals surface area contributed by atoms with Crippen molar-refractivity contribution in [1.82, 2.24) is 4.57 Å². The molecule has 1 heterocycles. The lowest BCUT2D eigenvalue weighted by molar-refractivity contribution is -0.305. The quantitative estimate of drug-likeness (QED) is 0.591. The van der Waals surface area contributed by atoms with Gasteiger partial charge in [-0.25, -0.2) is 4.79 Å². The van der Waals surface area contributed by atoms with Crippen molar-refractivity contribution in [3.8, 4) is 22.7 Å². The van der Waals surface area contributed by atoms with Crippen LogP contribution in [0.15, 0.2) is 60.7 Å². The summed E-state index contributed by atoms with van der Waals surface area (Å²) >= 11 is 0. The van der Waals surface area contributed by atoms with Gasteiger partial charge in [0.2, 0.25) is 0 Å². The van der Waals surface area contributed by atoms with Gasteiger partial charge in [-0.15, -0.1) is 0 Å². The van der Waals surface area contributed by atoms with E-state index >= 15 is 0 Å². The third kappa shape index (κ3) is 4.06. The molecule has 0 aliphatic carbocycles. The molecule has 6 nitrogen and oxygen atoms in total. The van der Waals surface area contributed by atoms with Crippen molar-refractivity contribution in [3.05, 3.63) is 71.9 Å². The summed E-state index contributed by atoms with van der Waals surface area (Å²) in [4.78, 5) is 22.9. The highest BCUT2D eigenvalue weighted by Crippen LogP contribution is 2.29. The number of rotatable bonds is 7. The molecule has 0 amide bonds. The summed E-state index contributed by atoms with van der Waals surface area (Å²) < 4.78 is 12.0. The molecule has 144 valence electrons. The molecular weight excluding hydrogens is 358 g/mol. The van der Waals surface area contributed by atoms with E-state index in [0.717, 1.165) is 28.4 Å². The van der Waals surface area contributed by atoms with Crippen LogP contribution in [0.5, 0.6) is 5.75 Å². The summed E-state index contributed by atoms with van der Waals surface area (Å²) in [5, 5.41) is 11.0. The Morgan fingerprint density at radius 2 is 1.75 bits per heavy atom. The van der Waals surface area contributed by atoms with E-state index in [1.165, 1.54) is 7.11 Å². The van der Waals surface area contributed by atoms with Crippen molar-refractivity contribution in [2.45, 2.75) is 12.8 Å². The van der Waals surface area contributed by atoms with Crippen molar-refractivity contribution in [2.24, 2.45) is 0 Å². The standard InChI is InChI=1S/C22H21NO5/c1-27-19-10-6-15(7-11-19)20-12-8-17(9-13-21(24)25)23(20)18-5-3-4-16(14-18)22(26)28-2/h3-8,10-12,14H,9,13H2,1-2H3,(H,24,25)/p-1. The number of carbonyl (C=O) groups excluding carboxylic acids is 2.